The Morgan fingerprint density at radius 2 is 1.48 bits per heavy atom. The van der Waals surface area contributed by atoms with Gasteiger partial charge in [0.15, 0.2) is 18.2 Å². The minimum Gasteiger partial charge on any atom is -0.483 e. The number of ether oxygens (including phenoxy) is 1. The lowest BCUT2D eigenvalue weighted by atomic mass is 9.63. The third kappa shape index (κ3) is 7.00. The lowest BCUT2D eigenvalue weighted by molar-refractivity contribution is -0.120. The van der Waals surface area contributed by atoms with Crippen LogP contribution in [0.5, 0.6) is 5.75 Å². The normalized spacial score (nSPS) is 18.9. The van der Waals surface area contributed by atoms with E-state index in [1.165, 1.54) is 5.56 Å². The van der Waals surface area contributed by atoms with Crippen LogP contribution in [0.25, 0.3) is 0 Å². The summed E-state index contributed by atoms with van der Waals surface area (Å²) >= 11 is 6.65. The molecule has 3 aromatic carbocycles. The number of hydrogen-bond donors (Lipinski definition) is 1. The number of carbonyl (C=O) groups excluding carboxylic acids is 3. The van der Waals surface area contributed by atoms with Crippen molar-refractivity contribution in [3.05, 3.63) is 117 Å². The quantitative estimate of drug-likeness (QED) is 0.260. The summed E-state index contributed by atoms with van der Waals surface area (Å²) in [7, 11) is 0. The molecule has 6 nitrogen and oxygen atoms in total. The van der Waals surface area contributed by atoms with E-state index in [1.54, 1.807) is 18.2 Å². The van der Waals surface area contributed by atoms with Crippen LogP contribution in [-0.4, -0.2) is 35.5 Å². The molecule has 1 amide bonds. The lowest BCUT2D eigenvalue weighted by Crippen LogP contribution is -2.45. The first-order chi connectivity index (χ1) is 22.7. The number of hydrogen-bond acceptors (Lipinski definition) is 5. The first-order valence-corrected chi connectivity index (χ1v) is 17.2. The highest BCUT2D eigenvalue weighted by Crippen LogP contribution is 2.55. The molecule has 1 heterocycles. The molecular weight excluding hydrogens is 620 g/mol. The molecule has 1 N–H and O–H groups in total. The van der Waals surface area contributed by atoms with Crippen LogP contribution in [0.1, 0.15) is 81.5 Å². The number of benzene rings is 3. The van der Waals surface area contributed by atoms with Gasteiger partial charge >= 0.3 is 0 Å². The molecule has 0 saturated carbocycles. The van der Waals surface area contributed by atoms with E-state index in [4.69, 9.17) is 16.3 Å². The number of anilines is 1. The molecule has 0 atom stereocenters. The zero-order chi connectivity index (χ0) is 34.4. The van der Waals surface area contributed by atoms with Crippen LogP contribution in [0, 0.1) is 24.7 Å². The molecule has 3 aliphatic rings. The molecule has 3 aromatic rings. The molecule has 0 spiro atoms. The van der Waals surface area contributed by atoms with Gasteiger partial charge in [0.1, 0.15) is 5.75 Å². The third-order valence-electron chi connectivity index (χ3n) is 9.80. The highest BCUT2D eigenvalue weighted by atomic mass is 35.5. The molecule has 6 rings (SSSR count). The van der Waals surface area contributed by atoms with E-state index in [9.17, 15) is 14.4 Å². The molecule has 48 heavy (non-hydrogen) atoms. The van der Waals surface area contributed by atoms with E-state index in [0.29, 0.717) is 59.7 Å². The number of aryl methyl sites for hydroxylation is 2. The molecule has 0 radical (unpaired) electrons. The standard InChI is InChI=1S/C41H45ClN2O4/c1-25-12-13-26(2)30(18-25)43-36(47)24-48-35-15-14-28(42)19-29(35)37-38-31(20-40(3,4)22-33(38)45)44(17-16-27-10-8-7-9-11-27)32-21-41(5,6)23-34(46)39(32)37/h7-15,18-19,37H,16-17,20-24H2,1-6H3,(H,43,47). The second-order valence-electron chi connectivity index (χ2n) is 15.3. The van der Waals surface area contributed by atoms with Gasteiger partial charge in [-0.2, -0.15) is 0 Å². The van der Waals surface area contributed by atoms with Gasteiger partial charge < -0.3 is 15.0 Å². The van der Waals surface area contributed by atoms with Gasteiger partial charge in [-0.15, -0.1) is 0 Å². The number of nitrogens with one attached hydrogen (secondary N) is 1. The first-order valence-electron chi connectivity index (χ1n) is 16.8. The molecule has 2 aliphatic carbocycles. The Morgan fingerprint density at radius 1 is 0.854 bits per heavy atom. The van der Waals surface area contributed by atoms with E-state index < -0.39 is 5.92 Å². The molecule has 7 heteroatoms. The molecular formula is C41H45ClN2O4. The number of amides is 1. The van der Waals surface area contributed by atoms with Crippen molar-refractivity contribution in [2.45, 2.75) is 79.6 Å². The summed E-state index contributed by atoms with van der Waals surface area (Å²) in [6.07, 6.45) is 2.96. The number of halogens is 1. The molecule has 0 unspecified atom stereocenters. The topological polar surface area (TPSA) is 75.7 Å². The largest absolute Gasteiger partial charge is 0.483 e. The molecule has 0 fully saturated rings. The van der Waals surface area contributed by atoms with E-state index in [2.05, 4.69) is 50.0 Å². The number of ketones is 2. The van der Waals surface area contributed by atoms with Gasteiger partial charge in [0, 0.05) is 64.1 Å². The maximum absolute atomic E-state index is 14.3. The molecule has 1 aliphatic heterocycles. The average molecular weight is 665 g/mol. The Morgan fingerprint density at radius 3 is 2.10 bits per heavy atom. The number of nitrogens with zero attached hydrogens (tertiary/aromatic N) is 1. The first kappa shape index (κ1) is 33.7. The molecule has 0 saturated heterocycles. The van der Waals surface area contributed by atoms with Crippen molar-refractivity contribution in [1.29, 1.82) is 0 Å². The van der Waals surface area contributed by atoms with Gasteiger partial charge in [0.2, 0.25) is 0 Å². The van der Waals surface area contributed by atoms with Crippen LogP contribution >= 0.6 is 11.6 Å². The van der Waals surface area contributed by atoms with Crippen LogP contribution in [0.15, 0.2) is 89.3 Å². The third-order valence-corrected chi connectivity index (χ3v) is 10.0. The van der Waals surface area contributed by atoms with Crippen molar-refractivity contribution >= 4 is 34.8 Å². The Balaban J connectivity index is 1.44. The van der Waals surface area contributed by atoms with Crippen molar-refractivity contribution in [2.75, 3.05) is 18.5 Å². The smallest absolute Gasteiger partial charge is 0.262 e. The van der Waals surface area contributed by atoms with Crippen molar-refractivity contribution < 1.29 is 19.1 Å². The van der Waals surface area contributed by atoms with Crippen molar-refractivity contribution in [1.82, 2.24) is 4.90 Å². The summed E-state index contributed by atoms with van der Waals surface area (Å²) in [5.74, 6) is -0.415. The van der Waals surface area contributed by atoms with Gasteiger partial charge in [0.25, 0.3) is 5.91 Å². The van der Waals surface area contributed by atoms with Crippen molar-refractivity contribution in [3.8, 4) is 5.75 Å². The van der Waals surface area contributed by atoms with E-state index >= 15 is 0 Å². The van der Waals surface area contributed by atoms with Crippen LogP contribution in [0.3, 0.4) is 0 Å². The van der Waals surface area contributed by atoms with Crippen molar-refractivity contribution in [2.24, 2.45) is 10.8 Å². The lowest BCUT2D eigenvalue weighted by Gasteiger charge is -2.49. The number of Topliss-reactive ketones (excluding diaryl/α,β-unsaturated/α-hetero) is 2. The van der Waals surface area contributed by atoms with Gasteiger partial charge in [-0.05, 0) is 84.9 Å². The van der Waals surface area contributed by atoms with Crippen LogP contribution in [-0.2, 0) is 20.8 Å². The maximum atomic E-state index is 14.3. The SMILES string of the molecule is Cc1ccc(C)c(NC(=O)COc2ccc(Cl)cc2C2C3=C(CC(C)(C)CC3=O)N(CCc3ccccc3)C3=C2C(=O)CC(C)(C)C3)c1. The minimum absolute atomic E-state index is 0.0405. The van der Waals surface area contributed by atoms with E-state index in [1.807, 2.05) is 50.2 Å². The van der Waals surface area contributed by atoms with Crippen LogP contribution in [0.2, 0.25) is 5.02 Å². The summed E-state index contributed by atoms with van der Waals surface area (Å²) in [6.45, 7) is 12.9. The summed E-state index contributed by atoms with van der Waals surface area (Å²) in [5, 5.41) is 3.44. The molecule has 0 aromatic heterocycles. The predicted octanol–water partition coefficient (Wildman–Crippen LogP) is 8.90. The fourth-order valence-corrected chi connectivity index (χ4v) is 7.77. The molecule has 0 bridgehead atoms. The Kier molecular flexibility index (Phi) is 9.16. The number of rotatable bonds is 8. The summed E-state index contributed by atoms with van der Waals surface area (Å²) in [5.41, 5.74) is 7.38. The highest BCUT2D eigenvalue weighted by molar-refractivity contribution is 6.30. The monoisotopic (exact) mass is 664 g/mol. The summed E-state index contributed by atoms with van der Waals surface area (Å²) < 4.78 is 6.24. The van der Waals surface area contributed by atoms with Gasteiger partial charge in [-0.25, -0.2) is 0 Å². The second-order valence-corrected chi connectivity index (χ2v) is 15.7. The Hall–Kier alpha value is -4.16. The zero-order valence-corrected chi connectivity index (χ0v) is 29.6. The van der Waals surface area contributed by atoms with Gasteiger partial charge in [-0.1, -0.05) is 81.8 Å². The van der Waals surface area contributed by atoms with Crippen LogP contribution < -0.4 is 10.1 Å². The second kappa shape index (κ2) is 13.0. The Labute approximate surface area is 289 Å². The van der Waals surface area contributed by atoms with Gasteiger partial charge in [0.05, 0.1) is 0 Å². The van der Waals surface area contributed by atoms with E-state index in [-0.39, 0.29) is 34.9 Å². The number of allylic oxidation sites excluding steroid dienone is 4. The maximum Gasteiger partial charge on any atom is 0.262 e. The predicted molar refractivity (Wildman–Crippen MR) is 191 cm³/mol. The fourth-order valence-electron chi connectivity index (χ4n) is 7.59. The fraction of sp³-hybridized carbons (Fsp3) is 0.390. The van der Waals surface area contributed by atoms with Crippen LogP contribution in [0.4, 0.5) is 5.69 Å². The van der Waals surface area contributed by atoms with Crippen molar-refractivity contribution in [3.63, 3.8) is 0 Å². The Bertz CT molecular complexity index is 1800. The minimum atomic E-state index is -0.633. The summed E-state index contributed by atoms with van der Waals surface area (Å²) in [6, 6.07) is 21.5. The molecule has 250 valence electrons. The number of carbonyl (C=O) groups is 3. The highest BCUT2D eigenvalue weighted by Gasteiger charge is 2.49. The van der Waals surface area contributed by atoms with E-state index in [0.717, 1.165) is 34.6 Å². The average Bonchev–Trinajstić information content (AvgIpc) is 3.00. The summed E-state index contributed by atoms with van der Waals surface area (Å²) in [4.78, 5) is 44.1. The zero-order valence-electron chi connectivity index (χ0n) is 28.8. The van der Waals surface area contributed by atoms with Gasteiger partial charge in [-0.3, -0.25) is 14.4 Å².